The summed E-state index contributed by atoms with van der Waals surface area (Å²) in [6.07, 6.45) is 8.40. The molecule has 0 bridgehead atoms. The Kier molecular flexibility index (Phi) is 3.89. The summed E-state index contributed by atoms with van der Waals surface area (Å²) < 4.78 is 15.4. The quantitative estimate of drug-likeness (QED) is 0.768. The highest BCUT2D eigenvalue weighted by Crippen LogP contribution is 2.33. The molecular formula is C18H17FN6. The van der Waals surface area contributed by atoms with Crippen molar-refractivity contribution in [3.8, 4) is 22.6 Å². The van der Waals surface area contributed by atoms with E-state index >= 15 is 0 Å². The summed E-state index contributed by atoms with van der Waals surface area (Å²) in [6, 6.07) is 8.26. The number of imidazole rings is 1. The van der Waals surface area contributed by atoms with E-state index in [1.54, 1.807) is 24.7 Å². The molecule has 0 saturated heterocycles. The molecule has 3 N–H and O–H groups in total. The molecule has 0 spiro atoms. The van der Waals surface area contributed by atoms with Gasteiger partial charge in [-0.05, 0) is 49.0 Å². The van der Waals surface area contributed by atoms with Crippen LogP contribution in [0.5, 0.6) is 0 Å². The molecule has 0 radical (unpaired) electrons. The van der Waals surface area contributed by atoms with Crippen LogP contribution < -0.4 is 11.1 Å². The predicted molar refractivity (Wildman–Crippen MR) is 93.9 cm³/mol. The van der Waals surface area contributed by atoms with Gasteiger partial charge in [-0.15, -0.1) is 0 Å². The van der Waals surface area contributed by atoms with Crippen LogP contribution in [0.1, 0.15) is 12.5 Å². The molecule has 0 saturated carbocycles. The maximum atomic E-state index is 13.3. The van der Waals surface area contributed by atoms with E-state index in [1.165, 1.54) is 12.1 Å². The fourth-order valence-electron chi connectivity index (χ4n) is 3.01. The van der Waals surface area contributed by atoms with Gasteiger partial charge in [0.1, 0.15) is 5.82 Å². The Labute approximate surface area is 144 Å². The van der Waals surface area contributed by atoms with E-state index in [-0.39, 0.29) is 17.8 Å². The Hall–Kier alpha value is -3.22. The number of allylic oxidation sites excluding steroid dienone is 1. The Balaban J connectivity index is 1.89. The second kappa shape index (κ2) is 6.35. The molecule has 25 heavy (non-hydrogen) atoms. The molecule has 1 aromatic carbocycles. The number of halogens is 1. The number of nitrogens with one attached hydrogen (secondary N) is 1. The van der Waals surface area contributed by atoms with Gasteiger partial charge in [0.25, 0.3) is 0 Å². The molecule has 1 atom stereocenters. The Morgan fingerprint density at radius 1 is 1.16 bits per heavy atom. The van der Waals surface area contributed by atoms with Crippen LogP contribution in [0.15, 0.2) is 55.1 Å². The molecule has 126 valence electrons. The third kappa shape index (κ3) is 2.96. The van der Waals surface area contributed by atoms with Crippen molar-refractivity contribution < 1.29 is 4.39 Å². The molecule has 3 heterocycles. The molecule has 0 fully saturated rings. The van der Waals surface area contributed by atoms with Crippen LogP contribution in [-0.2, 0) is 0 Å². The highest BCUT2D eigenvalue weighted by Gasteiger charge is 2.21. The number of anilines is 1. The van der Waals surface area contributed by atoms with Crippen LogP contribution in [0, 0.1) is 5.82 Å². The van der Waals surface area contributed by atoms with Crippen LogP contribution in [0.4, 0.5) is 10.3 Å². The van der Waals surface area contributed by atoms with Crippen LogP contribution in [0.25, 0.3) is 22.6 Å². The first-order valence-electron chi connectivity index (χ1n) is 8.04. The number of hydrogen-bond acceptors (Lipinski definition) is 5. The summed E-state index contributed by atoms with van der Waals surface area (Å²) in [5.74, 6) is -0.0755. The first-order valence-corrected chi connectivity index (χ1v) is 8.04. The molecular weight excluding hydrogens is 319 g/mol. The zero-order valence-corrected chi connectivity index (χ0v) is 13.4. The lowest BCUT2D eigenvalue weighted by Gasteiger charge is -2.21. The third-order valence-corrected chi connectivity index (χ3v) is 4.21. The number of nitrogen functional groups attached to an aromatic ring is 1. The number of nitrogens with zero attached hydrogens (tertiary/aromatic N) is 4. The van der Waals surface area contributed by atoms with Gasteiger partial charge in [0, 0.05) is 18.3 Å². The fourth-order valence-corrected chi connectivity index (χ4v) is 3.01. The SMILES string of the molecule is Nc1nccc(-c2c(-c3ccc(F)cc3)ncn2[C@H]2C=CNCC2)n1. The van der Waals surface area contributed by atoms with Gasteiger partial charge in [-0.25, -0.2) is 19.3 Å². The van der Waals surface area contributed by atoms with Crippen LogP contribution in [0.3, 0.4) is 0 Å². The van der Waals surface area contributed by atoms with Crippen LogP contribution in [-0.4, -0.2) is 26.1 Å². The van der Waals surface area contributed by atoms with Gasteiger partial charge in [-0.2, -0.15) is 0 Å². The highest BCUT2D eigenvalue weighted by molar-refractivity contribution is 5.77. The summed E-state index contributed by atoms with van der Waals surface area (Å²) >= 11 is 0. The Morgan fingerprint density at radius 3 is 2.72 bits per heavy atom. The lowest BCUT2D eigenvalue weighted by Crippen LogP contribution is -2.20. The molecule has 4 rings (SSSR count). The lowest BCUT2D eigenvalue weighted by molar-refractivity contribution is 0.526. The smallest absolute Gasteiger partial charge is 0.220 e. The zero-order chi connectivity index (χ0) is 17.2. The highest BCUT2D eigenvalue weighted by atomic mass is 19.1. The van der Waals surface area contributed by atoms with Crippen molar-refractivity contribution in [2.24, 2.45) is 0 Å². The predicted octanol–water partition coefficient (Wildman–Crippen LogP) is 2.78. The lowest BCUT2D eigenvalue weighted by atomic mass is 10.1. The van der Waals surface area contributed by atoms with Crippen LogP contribution >= 0.6 is 0 Å². The summed E-state index contributed by atoms with van der Waals surface area (Å²) in [5, 5.41) is 3.20. The third-order valence-electron chi connectivity index (χ3n) is 4.21. The van der Waals surface area contributed by atoms with E-state index in [0.29, 0.717) is 5.69 Å². The minimum absolute atomic E-state index is 0.161. The second-order valence-electron chi connectivity index (χ2n) is 5.83. The first kappa shape index (κ1) is 15.3. The number of aromatic nitrogens is 4. The minimum Gasteiger partial charge on any atom is -0.391 e. The minimum atomic E-state index is -0.280. The van der Waals surface area contributed by atoms with Gasteiger partial charge < -0.3 is 15.6 Å². The Morgan fingerprint density at radius 2 is 2.00 bits per heavy atom. The van der Waals surface area contributed by atoms with Gasteiger partial charge in [-0.1, -0.05) is 0 Å². The van der Waals surface area contributed by atoms with Gasteiger partial charge in [0.2, 0.25) is 5.95 Å². The average molecular weight is 336 g/mol. The molecule has 2 aromatic heterocycles. The van der Waals surface area contributed by atoms with Gasteiger partial charge >= 0.3 is 0 Å². The van der Waals surface area contributed by atoms with Gasteiger partial charge in [0.05, 0.1) is 29.5 Å². The maximum absolute atomic E-state index is 13.3. The molecule has 0 amide bonds. The second-order valence-corrected chi connectivity index (χ2v) is 5.83. The normalized spacial score (nSPS) is 16.6. The topological polar surface area (TPSA) is 81.6 Å². The maximum Gasteiger partial charge on any atom is 0.220 e. The van der Waals surface area contributed by atoms with Crippen molar-refractivity contribution in [2.75, 3.05) is 12.3 Å². The molecule has 0 unspecified atom stereocenters. The first-order chi connectivity index (χ1) is 12.2. The monoisotopic (exact) mass is 336 g/mol. The molecule has 7 heteroatoms. The zero-order valence-electron chi connectivity index (χ0n) is 13.4. The molecule has 1 aliphatic heterocycles. The summed E-state index contributed by atoms with van der Waals surface area (Å²) in [4.78, 5) is 12.9. The molecule has 3 aromatic rings. The van der Waals surface area contributed by atoms with E-state index in [1.807, 2.05) is 12.3 Å². The van der Waals surface area contributed by atoms with Crippen molar-refractivity contribution in [2.45, 2.75) is 12.5 Å². The van der Waals surface area contributed by atoms with E-state index in [0.717, 1.165) is 29.9 Å². The summed E-state index contributed by atoms with van der Waals surface area (Å²) in [5.41, 5.74) is 8.88. The number of rotatable bonds is 3. The largest absolute Gasteiger partial charge is 0.391 e. The van der Waals surface area contributed by atoms with Crippen molar-refractivity contribution >= 4 is 5.95 Å². The van der Waals surface area contributed by atoms with E-state index in [2.05, 4.69) is 30.9 Å². The van der Waals surface area contributed by atoms with Crippen molar-refractivity contribution in [3.05, 3.63) is 60.9 Å². The van der Waals surface area contributed by atoms with E-state index < -0.39 is 0 Å². The fraction of sp³-hybridized carbons (Fsp3) is 0.167. The van der Waals surface area contributed by atoms with Gasteiger partial charge in [0.15, 0.2) is 0 Å². The average Bonchev–Trinajstić information content (AvgIpc) is 3.08. The number of benzene rings is 1. The number of hydrogen-bond donors (Lipinski definition) is 2. The van der Waals surface area contributed by atoms with Crippen molar-refractivity contribution in [1.29, 1.82) is 0 Å². The van der Waals surface area contributed by atoms with Crippen molar-refractivity contribution in [1.82, 2.24) is 24.8 Å². The van der Waals surface area contributed by atoms with E-state index in [4.69, 9.17) is 5.73 Å². The summed E-state index contributed by atoms with van der Waals surface area (Å²) in [6.45, 7) is 0.885. The standard InChI is InChI=1S/C18H17FN6/c19-13-3-1-12(2-4-13)16-17(15-7-10-22-18(20)24-15)25(11-23-16)14-5-8-21-9-6-14/h1-5,7-8,10-11,14,21H,6,9H2,(H2,20,22,24)/t14-/m0/s1. The van der Waals surface area contributed by atoms with E-state index in [9.17, 15) is 4.39 Å². The van der Waals surface area contributed by atoms with Crippen LogP contribution in [0.2, 0.25) is 0 Å². The van der Waals surface area contributed by atoms with Gasteiger partial charge in [-0.3, -0.25) is 0 Å². The molecule has 0 aliphatic carbocycles. The summed E-state index contributed by atoms with van der Waals surface area (Å²) in [7, 11) is 0. The number of nitrogens with two attached hydrogens (primary N) is 1. The van der Waals surface area contributed by atoms with Crippen molar-refractivity contribution in [3.63, 3.8) is 0 Å². The molecule has 1 aliphatic rings. The molecule has 6 nitrogen and oxygen atoms in total. The Bertz CT molecular complexity index is 916.